The highest BCUT2D eigenvalue weighted by Crippen LogP contribution is 2.29. The van der Waals surface area contributed by atoms with E-state index < -0.39 is 5.91 Å². The van der Waals surface area contributed by atoms with E-state index in [4.69, 9.17) is 14.2 Å². The molecule has 204 valence electrons. The van der Waals surface area contributed by atoms with Gasteiger partial charge in [0.1, 0.15) is 12.4 Å². The van der Waals surface area contributed by atoms with E-state index in [9.17, 15) is 9.59 Å². The van der Waals surface area contributed by atoms with Crippen molar-refractivity contribution in [3.05, 3.63) is 119 Å². The summed E-state index contributed by atoms with van der Waals surface area (Å²) >= 11 is 0. The third kappa shape index (κ3) is 7.94. The van der Waals surface area contributed by atoms with E-state index in [1.165, 1.54) is 6.21 Å². The molecule has 0 atom stereocenters. The number of rotatable bonds is 12. The summed E-state index contributed by atoms with van der Waals surface area (Å²) in [6.07, 6.45) is 1.47. The first-order chi connectivity index (χ1) is 19.5. The van der Waals surface area contributed by atoms with Crippen molar-refractivity contribution < 1.29 is 23.8 Å². The number of anilines is 1. The zero-order valence-corrected chi connectivity index (χ0v) is 22.4. The first-order valence-electron chi connectivity index (χ1n) is 12.9. The number of ether oxygens (including phenoxy) is 3. The van der Waals surface area contributed by atoms with Gasteiger partial charge in [0.25, 0.3) is 11.8 Å². The number of carbonyl (C=O) groups excluding carboxylic acids is 2. The molecule has 0 saturated carbocycles. The van der Waals surface area contributed by atoms with Gasteiger partial charge in [-0.05, 0) is 61.4 Å². The average Bonchev–Trinajstić information content (AvgIpc) is 2.98. The molecule has 0 aliphatic rings. The SMILES string of the molecule is CCOc1cc(C(=O)N/N=C/c2ccccc2OCC(=O)Nc2ccccc2C)ccc1OCc1ccccc1. The Balaban J connectivity index is 1.35. The van der Waals surface area contributed by atoms with E-state index in [1.807, 2.05) is 74.5 Å². The van der Waals surface area contributed by atoms with Gasteiger partial charge in [-0.2, -0.15) is 5.10 Å². The molecule has 2 N–H and O–H groups in total. The molecule has 0 bridgehead atoms. The summed E-state index contributed by atoms with van der Waals surface area (Å²) in [6, 6.07) is 29.4. The lowest BCUT2D eigenvalue weighted by Crippen LogP contribution is -2.21. The molecule has 2 amide bonds. The van der Waals surface area contributed by atoms with E-state index in [-0.39, 0.29) is 12.5 Å². The molecule has 0 spiro atoms. The fourth-order valence-electron chi connectivity index (χ4n) is 3.76. The van der Waals surface area contributed by atoms with Crippen molar-refractivity contribution in [2.45, 2.75) is 20.5 Å². The second kappa shape index (κ2) is 14.2. The Morgan fingerprint density at radius 2 is 1.55 bits per heavy atom. The molecule has 0 radical (unpaired) electrons. The number of hydrazone groups is 1. The zero-order valence-electron chi connectivity index (χ0n) is 22.4. The summed E-state index contributed by atoms with van der Waals surface area (Å²) in [6.45, 7) is 4.41. The minimum absolute atomic E-state index is 0.176. The number of hydrogen-bond donors (Lipinski definition) is 2. The van der Waals surface area contributed by atoms with Crippen LogP contribution in [0.3, 0.4) is 0 Å². The van der Waals surface area contributed by atoms with Crippen LogP contribution in [0.5, 0.6) is 17.2 Å². The maximum atomic E-state index is 12.8. The van der Waals surface area contributed by atoms with Crippen molar-refractivity contribution in [1.82, 2.24) is 5.43 Å². The van der Waals surface area contributed by atoms with Crippen LogP contribution in [0.1, 0.15) is 34.0 Å². The number of aryl methyl sites for hydroxylation is 1. The van der Waals surface area contributed by atoms with Crippen LogP contribution in [0.15, 0.2) is 102 Å². The van der Waals surface area contributed by atoms with E-state index in [1.54, 1.807) is 36.4 Å². The number of carbonyl (C=O) groups is 2. The third-order valence-corrected chi connectivity index (χ3v) is 5.81. The van der Waals surface area contributed by atoms with Gasteiger partial charge in [-0.3, -0.25) is 9.59 Å². The summed E-state index contributed by atoms with van der Waals surface area (Å²) in [7, 11) is 0. The van der Waals surface area contributed by atoms with Crippen LogP contribution in [-0.2, 0) is 11.4 Å². The quantitative estimate of drug-likeness (QED) is 0.177. The predicted octanol–water partition coefficient (Wildman–Crippen LogP) is 5.75. The summed E-state index contributed by atoms with van der Waals surface area (Å²) in [5.41, 5.74) is 6.21. The van der Waals surface area contributed by atoms with Crippen LogP contribution in [0.2, 0.25) is 0 Å². The van der Waals surface area contributed by atoms with Crippen LogP contribution in [-0.4, -0.2) is 31.2 Å². The lowest BCUT2D eigenvalue weighted by molar-refractivity contribution is -0.118. The first kappa shape index (κ1) is 27.9. The second-order valence-corrected chi connectivity index (χ2v) is 8.76. The lowest BCUT2D eigenvalue weighted by Gasteiger charge is -2.13. The number of nitrogens with one attached hydrogen (secondary N) is 2. The standard InChI is InChI=1S/C32H31N3O5/c1-3-38-30-19-25(17-18-29(30)39-21-24-12-5-4-6-13-24)32(37)35-33-20-26-14-8-10-16-28(26)40-22-31(36)34-27-15-9-7-11-23(27)2/h4-20H,3,21-22H2,1-2H3,(H,34,36)(H,35,37)/b33-20+. The number of para-hydroxylation sites is 2. The van der Waals surface area contributed by atoms with E-state index in [0.717, 1.165) is 16.8 Å². The molecule has 0 aliphatic carbocycles. The maximum absolute atomic E-state index is 12.8. The van der Waals surface area contributed by atoms with Crippen LogP contribution in [0.25, 0.3) is 0 Å². The van der Waals surface area contributed by atoms with Gasteiger partial charge in [0.15, 0.2) is 18.1 Å². The van der Waals surface area contributed by atoms with Crippen molar-refractivity contribution in [2.75, 3.05) is 18.5 Å². The van der Waals surface area contributed by atoms with Gasteiger partial charge in [-0.1, -0.05) is 60.7 Å². The highest BCUT2D eigenvalue weighted by Gasteiger charge is 2.12. The minimum Gasteiger partial charge on any atom is -0.490 e. The van der Waals surface area contributed by atoms with Crippen LogP contribution < -0.4 is 25.0 Å². The van der Waals surface area contributed by atoms with Gasteiger partial charge >= 0.3 is 0 Å². The van der Waals surface area contributed by atoms with E-state index in [2.05, 4.69) is 15.8 Å². The van der Waals surface area contributed by atoms with E-state index >= 15 is 0 Å². The molecule has 40 heavy (non-hydrogen) atoms. The lowest BCUT2D eigenvalue weighted by atomic mass is 10.2. The molecular weight excluding hydrogens is 506 g/mol. The Morgan fingerprint density at radius 1 is 0.800 bits per heavy atom. The molecule has 8 nitrogen and oxygen atoms in total. The van der Waals surface area contributed by atoms with Gasteiger partial charge in [-0.15, -0.1) is 0 Å². The Labute approximate surface area is 233 Å². The smallest absolute Gasteiger partial charge is 0.271 e. The zero-order chi connectivity index (χ0) is 28.2. The highest BCUT2D eigenvalue weighted by molar-refractivity contribution is 5.96. The second-order valence-electron chi connectivity index (χ2n) is 8.76. The summed E-state index contributed by atoms with van der Waals surface area (Å²) < 4.78 is 17.3. The van der Waals surface area contributed by atoms with Crippen molar-refractivity contribution in [3.8, 4) is 17.2 Å². The van der Waals surface area contributed by atoms with Crippen molar-refractivity contribution in [2.24, 2.45) is 5.10 Å². The first-order valence-corrected chi connectivity index (χ1v) is 12.9. The summed E-state index contributed by atoms with van der Waals surface area (Å²) in [5.74, 6) is 0.776. The topological polar surface area (TPSA) is 98.3 Å². The molecule has 0 unspecified atom stereocenters. The molecule has 4 aromatic carbocycles. The Morgan fingerprint density at radius 3 is 2.35 bits per heavy atom. The average molecular weight is 538 g/mol. The number of amides is 2. The van der Waals surface area contributed by atoms with Gasteiger partial charge in [0.2, 0.25) is 0 Å². The number of nitrogens with zero attached hydrogens (tertiary/aromatic N) is 1. The van der Waals surface area contributed by atoms with Crippen LogP contribution in [0, 0.1) is 6.92 Å². The summed E-state index contributed by atoms with van der Waals surface area (Å²) in [5, 5.41) is 6.92. The largest absolute Gasteiger partial charge is 0.490 e. The fourth-order valence-corrected chi connectivity index (χ4v) is 3.76. The Hall–Kier alpha value is -5.11. The molecule has 4 aromatic rings. The monoisotopic (exact) mass is 537 g/mol. The molecule has 0 saturated heterocycles. The van der Waals surface area contributed by atoms with Crippen molar-refractivity contribution in [3.63, 3.8) is 0 Å². The van der Waals surface area contributed by atoms with Gasteiger partial charge in [0.05, 0.1) is 12.8 Å². The third-order valence-electron chi connectivity index (χ3n) is 5.81. The highest BCUT2D eigenvalue weighted by atomic mass is 16.5. The number of hydrogen-bond acceptors (Lipinski definition) is 6. The molecule has 0 aliphatic heterocycles. The maximum Gasteiger partial charge on any atom is 0.271 e. The molecule has 0 aromatic heterocycles. The van der Waals surface area contributed by atoms with Crippen LogP contribution >= 0.6 is 0 Å². The summed E-state index contributed by atoms with van der Waals surface area (Å²) in [4.78, 5) is 25.2. The Kier molecular flexibility index (Phi) is 9.88. The van der Waals surface area contributed by atoms with Gasteiger partial charge in [-0.25, -0.2) is 5.43 Å². The fraction of sp³-hybridized carbons (Fsp3) is 0.156. The normalized spacial score (nSPS) is 10.7. The molecule has 8 heteroatoms. The van der Waals surface area contributed by atoms with Crippen LogP contribution in [0.4, 0.5) is 5.69 Å². The molecule has 0 fully saturated rings. The van der Waals surface area contributed by atoms with Gasteiger partial charge in [0, 0.05) is 16.8 Å². The van der Waals surface area contributed by atoms with Crippen molar-refractivity contribution in [1.29, 1.82) is 0 Å². The molecule has 0 heterocycles. The minimum atomic E-state index is -0.414. The Bertz CT molecular complexity index is 1470. The molecular formula is C32H31N3O5. The van der Waals surface area contributed by atoms with Gasteiger partial charge < -0.3 is 19.5 Å². The molecule has 4 rings (SSSR count). The predicted molar refractivity (Wildman–Crippen MR) is 155 cm³/mol. The van der Waals surface area contributed by atoms with Crippen molar-refractivity contribution >= 4 is 23.7 Å². The van der Waals surface area contributed by atoms with E-state index in [0.29, 0.717) is 41.6 Å². The number of benzene rings is 4.